The molecule has 0 rings (SSSR count). The number of rotatable bonds is 5. The molecule has 2 unspecified atom stereocenters. The normalized spacial score (nSPS) is 16.4. The standard InChI is InChI=1S/C7H11F3O4/c1-4(7(8,9)10)14-5(3-13-2)6(11)12/h4-5H,3H2,1-2H3,(H,11,12). The predicted octanol–water partition coefficient (Wildman–Crippen LogP) is 1.05. The summed E-state index contributed by atoms with van der Waals surface area (Å²) in [7, 11) is 1.18. The molecular formula is C7H11F3O4. The Labute approximate surface area is 78.6 Å². The van der Waals surface area contributed by atoms with Crippen molar-refractivity contribution in [2.45, 2.75) is 25.3 Å². The van der Waals surface area contributed by atoms with Crippen LogP contribution in [0.4, 0.5) is 13.2 Å². The molecule has 0 radical (unpaired) electrons. The van der Waals surface area contributed by atoms with Crippen LogP contribution in [0.5, 0.6) is 0 Å². The van der Waals surface area contributed by atoms with Crippen molar-refractivity contribution in [3.05, 3.63) is 0 Å². The number of carboxylic acids is 1. The lowest BCUT2D eigenvalue weighted by atomic mass is 10.3. The second kappa shape index (κ2) is 5.16. The SMILES string of the molecule is COCC(OC(C)C(F)(F)F)C(=O)O. The second-order valence-corrected chi connectivity index (χ2v) is 2.60. The molecular weight excluding hydrogens is 205 g/mol. The van der Waals surface area contributed by atoms with Gasteiger partial charge in [0.15, 0.2) is 12.2 Å². The maximum Gasteiger partial charge on any atom is 0.414 e. The molecule has 14 heavy (non-hydrogen) atoms. The number of alkyl halides is 3. The van der Waals surface area contributed by atoms with Crippen LogP contribution in [0.2, 0.25) is 0 Å². The first-order valence-electron chi connectivity index (χ1n) is 3.73. The van der Waals surface area contributed by atoms with Crippen molar-refractivity contribution in [3.63, 3.8) is 0 Å². The zero-order valence-corrected chi connectivity index (χ0v) is 7.67. The van der Waals surface area contributed by atoms with Crippen molar-refractivity contribution in [2.24, 2.45) is 0 Å². The number of hydrogen-bond donors (Lipinski definition) is 1. The quantitative estimate of drug-likeness (QED) is 0.746. The molecule has 0 aliphatic heterocycles. The third-order valence-corrected chi connectivity index (χ3v) is 1.42. The van der Waals surface area contributed by atoms with Gasteiger partial charge in [-0.25, -0.2) is 4.79 Å². The van der Waals surface area contributed by atoms with Crippen molar-refractivity contribution >= 4 is 5.97 Å². The van der Waals surface area contributed by atoms with E-state index >= 15 is 0 Å². The first-order valence-corrected chi connectivity index (χ1v) is 3.73. The van der Waals surface area contributed by atoms with E-state index in [0.717, 1.165) is 6.92 Å². The smallest absolute Gasteiger partial charge is 0.414 e. The van der Waals surface area contributed by atoms with E-state index in [1.54, 1.807) is 0 Å². The highest BCUT2D eigenvalue weighted by atomic mass is 19.4. The molecule has 0 heterocycles. The summed E-state index contributed by atoms with van der Waals surface area (Å²) in [6.07, 6.45) is -8.29. The molecule has 0 amide bonds. The van der Waals surface area contributed by atoms with Crippen LogP contribution in [-0.4, -0.2) is 43.2 Å². The van der Waals surface area contributed by atoms with Gasteiger partial charge in [-0.05, 0) is 6.92 Å². The summed E-state index contributed by atoms with van der Waals surface area (Å²) in [6, 6.07) is 0. The summed E-state index contributed by atoms with van der Waals surface area (Å²) < 4.78 is 44.5. The average molecular weight is 216 g/mol. The molecule has 0 aliphatic rings. The van der Waals surface area contributed by atoms with Gasteiger partial charge in [-0.2, -0.15) is 13.2 Å². The fraction of sp³-hybridized carbons (Fsp3) is 0.857. The summed E-state index contributed by atoms with van der Waals surface area (Å²) in [4.78, 5) is 10.4. The van der Waals surface area contributed by atoms with Gasteiger partial charge in [0.05, 0.1) is 6.61 Å². The van der Waals surface area contributed by atoms with Crippen LogP contribution >= 0.6 is 0 Å². The molecule has 1 N–H and O–H groups in total. The largest absolute Gasteiger partial charge is 0.479 e. The van der Waals surface area contributed by atoms with E-state index in [9.17, 15) is 18.0 Å². The van der Waals surface area contributed by atoms with Crippen molar-refractivity contribution < 1.29 is 32.5 Å². The molecule has 0 fully saturated rings. The van der Waals surface area contributed by atoms with Gasteiger partial charge in [-0.3, -0.25) is 0 Å². The molecule has 0 spiro atoms. The highest BCUT2D eigenvalue weighted by Gasteiger charge is 2.39. The fourth-order valence-corrected chi connectivity index (χ4v) is 0.644. The third kappa shape index (κ3) is 4.43. The second-order valence-electron chi connectivity index (χ2n) is 2.60. The Hall–Kier alpha value is -0.820. The van der Waals surface area contributed by atoms with Crippen molar-refractivity contribution in [3.8, 4) is 0 Å². The van der Waals surface area contributed by atoms with Crippen LogP contribution < -0.4 is 0 Å². The molecule has 0 aromatic carbocycles. The monoisotopic (exact) mass is 216 g/mol. The van der Waals surface area contributed by atoms with Crippen LogP contribution in [0, 0.1) is 0 Å². The lowest BCUT2D eigenvalue weighted by Gasteiger charge is -2.20. The van der Waals surface area contributed by atoms with E-state index in [1.165, 1.54) is 7.11 Å². The van der Waals surface area contributed by atoms with E-state index in [-0.39, 0.29) is 0 Å². The van der Waals surface area contributed by atoms with E-state index in [4.69, 9.17) is 5.11 Å². The van der Waals surface area contributed by atoms with E-state index in [2.05, 4.69) is 9.47 Å². The highest BCUT2D eigenvalue weighted by molar-refractivity contribution is 5.72. The lowest BCUT2D eigenvalue weighted by molar-refractivity contribution is -0.232. The maximum absolute atomic E-state index is 12.0. The Bertz CT molecular complexity index is 192. The number of carboxylic acid groups (broad SMARTS) is 1. The maximum atomic E-state index is 12.0. The van der Waals surface area contributed by atoms with Gasteiger partial charge in [-0.1, -0.05) is 0 Å². The van der Waals surface area contributed by atoms with Gasteiger partial charge >= 0.3 is 12.1 Å². The number of ether oxygens (including phenoxy) is 2. The Morgan fingerprint density at radius 1 is 1.50 bits per heavy atom. The van der Waals surface area contributed by atoms with Crippen molar-refractivity contribution in [1.82, 2.24) is 0 Å². The van der Waals surface area contributed by atoms with E-state index < -0.39 is 31.0 Å². The number of aliphatic carboxylic acids is 1. The number of halogens is 3. The summed E-state index contributed by atoms with van der Waals surface area (Å²) in [5.74, 6) is -1.48. The molecule has 0 bridgehead atoms. The van der Waals surface area contributed by atoms with Gasteiger partial charge in [0.25, 0.3) is 0 Å². The third-order valence-electron chi connectivity index (χ3n) is 1.42. The van der Waals surface area contributed by atoms with Gasteiger partial charge in [-0.15, -0.1) is 0 Å². The molecule has 2 atom stereocenters. The highest BCUT2D eigenvalue weighted by Crippen LogP contribution is 2.23. The van der Waals surface area contributed by atoms with Gasteiger partial charge < -0.3 is 14.6 Å². The van der Waals surface area contributed by atoms with Gasteiger partial charge in [0.1, 0.15) is 0 Å². The first kappa shape index (κ1) is 13.2. The van der Waals surface area contributed by atoms with Crippen LogP contribution in [0.25, 0.3) is 0 Å². The Balaban J connectivity index is 4.23. The van der Waals surface area contributed by atoms with E-state index in [0.29, 0.717) is 0 Å². The molecule has 0 aromatic heterocycles. The van der Waals surface area contributed by atoms with Crippen molar-refractivity contribution in [1.29, 1.82) is 0 Å². The first-order chi connectivity index (χ1) is 6.29. The summed E-state index contributed by atoms with van der Waals surface area (Å²) in [5, 5.41) is 8.45. The molecule has 0 aliphatic carbocycles. The minimum Gasteiger partial charge on any atom is -0.479 e. The molecule has 7 heteroatoms. The van der Waals surface area contributed by atoms with Crippen LogP contribution in [0.15, 0.2) is 0 Å². The number of carbonyl (C=O) groups is 1. The van der Waals surface area contributed by atoms with Gasteiger partial charge in [0.2, 0.25) is 0 Å². The fourth-order valence-electron chi connectivity index (χ4n) is 0.644. The molecule has 0 saturated carbocycles. The molecule has 0 aromatic rings. The molecule has 4 nitrogen and oxygen atoms in total. The number of hydrogen-bond acceptors (Lipinski definition) is 3. The minimum absolute atomic E-state index is 0.421. The van der Waals surface area contributed by atoms with Gasteiger partial charge in [0, 0.05) is 7.11 Å². The summed E-state index contributed by atoms with van der Waals surface area (Å²) in [6.45, 7) is 0.321. The summed E-state index contributed by atoms with van der Waals surface area (Å²) in [5.41, 5.74) is 0. The van der Waals surface area contributed by atoms with Crippen LogP contribution in [0.3, 0.4) is 0 Å². The van der Waals surface area contributed by atoms with Crippen molar-refractivity contribution in [2.75, 3.05) is 13.7 Å². The lowest BCUT2D eigenvalue weighted by Crippen LogP contribution is -2.38. The predicted molar refractivity (Wildman–Crippen MR) is 39.9 cm³/mol. The van der Waals surface area contributed by atoms with Crippen LogP contribution in [0.1, 0.15) is 6.92 Å². The zero-order valence-electron chi connectivity index (χ0n) is 7.67. The molecule has 0 saturated heterocycles. The van der Waals surface area contributed by atoms with E-state index in [1.807, 2.05) is 0 Å². The zero-order chi connectivity index (χ0) is 11.4. The topological polar surface area (TPSA) is 55.8 Å². The Morgan fingerprint density at radius 2 is 2.00 bits per heavy atom. The average Bonchev–Trinajstić information content (AvgIpc) is 2.01. The van der Waals surface area contributed by atoms with Crippen LogP contribution in [-0.2, 0) is 14.3 Å². The Morgan fingerprint density at radius 3 is 2.29 bits per heavy atom. The Kier molecular flexibility index (Phi) is 4.86. The molecule has 84 valence electrons. The minimum atomic E-state index is -4.57. The number of methoxy groups -OCH3 is 1. The summed E-state index contributed by atoms with van der Waals surface area (Å²) >= 11 is 0.